The van der Waals surface area contributed by atoms with Crippen LogP contribution in [0.15, 0.2) is 59.5 Å². The molecule has 1 aliphatic rings. The van der Waals surface area contributed by atoms with E-state index in [2.05, 4.69) is 19.2 Å². The number of rotatable bonds is 9. The monoisotopic (exact) mass is 571 g/mol. The van der Waals surface area contributed by atoms with Crippen molar-refractivity contribution >= 4 is 21.9 Å². The highest BCUT2D eigenvalue weighted by Gasteiger charge is 2.38. The molecule has 0 aliphatic carbocycles. The Morgan fingerprint density at radius 2 is 1.51 bits per heavy atom. The number of carbonyl (C=O) groups excluding carboxylic acids is 1. The summed E-state index contributed by atoms with van der Waals surface area (Å²) < 4.78 is 60.3. The molecule has 39 heavy (non-hydrogen) atoms. The number of hydrogen-bond acceptors (Lipinski definition) is 5. The lowest BCUT2D eigenvalue weighted by Gasteiger charge is -2.29. The Morgan fingerprint density at radius 1 is 0.974 bits per heavy atom. The van der Waals surface area contributed by atoms with E-state index in [9.17, 15) is 26.4 Å². The topological polar surface area (TPSA) is 107 Å². The molecular weight excluding hydrogens is 535 g/mol. The summed E-state index contributed by atoms with van der Waals surface area (Å²) >= 11 is 0. The molecule has 3 rings (SSSR count). The number of benzene rings is 2. The number of alkyl halides is 3. The Balaban J connectivity index is 0.000000673. The van der Waals surface area contributed by atoms with E-state index in [0.29, 0.717) is 25.6 Å². The van der Waals surface area contributed by atoms with Gasteiger partial charge in [0.1, 0.15) is 0 Å². The van der Waals surface area contributed by atoms with Crippen molar-refractivity contribution in [2.75, 3.05) is 39.3 Å². The predicted octanol–water partition coefficient (Wildman–Crippen LogP) is 4.06. The summed E-state index contributed by atoms with van der Waals surface area (Å²) in [5.74, 6) is -2.41. The van der Waals surface area contributed by atoms with E-state index in [0.717, 1.165) is 24.2 Å². The van der Waals surface area contributed by atoms with Gasteiger partial charge in [-0.25, -0.2) is 13.2 Å². The van der Waals surface area contributed by atoms with Crippen molar-refractivity contribution in [3.8, 4) is 0 Å². The molecule has 1 saturated heterocycles. The molecule has 216 valence electrons. The maximum absolute atomic E-state index is 13.6. The van der Waals surface area contributed by atoms with E-state index in [1.54, 1.807) is 12.1 Å². The summed E-state index contributed by atoms with van der Waals surface area (Å²) in [5, 5.41) is 10.4. The third-order valence-electron chi connectivity index (χ3n) is 6.32. The molecule has 0 spiro atoms. The minimum absolute atomic E-state index is 0.00854. The molecule has 0 bridgehead atoms. The number of sulfonamides is 1. The first-order chi connectivity index (χ1) is 18.2. The van der Waals surface area contributed by atoms with Crippen LogP contribution in [0.5, 0.6) is 0 Å². The van der Waals surface area contributed by atoms with Gasteiger partial charge in [-0.15, -0.1) is 0 Å². The van der Waals surface area contributed by atoms with Crippen molar-refractivity contribution in [2.24, 2.45) is 0 Å². The van der Waals surface area contributed by atoms with Crippen LogP contribution in [0.2, 0.25) is 0 Å². The Bertz CT molecular complexity index is 1170. The molecular formula is C27H36F3N3O5S. The molecule has 1 atom stereocenters. The highest BCUT2D eigenvalue weighted by atomic mass is 32.2. The Kier molecular flexibility index (Phi) is 11.9. The number of piperazine rings is 1. The van der Waals surface area contributed by atoms with Crippen molar-refractivity contribution in [1.82, 2.24) is 14.5 Å². The fourth-order valence-electron chi connectivity index (χ4n) is 3.97. The number of nitrogens with one attached hydrogen (secondary N) is 1. The minimum Gasteiger partial charge on any atom is -0.475 e. The third-order valence-corrected chi connectivity index (χ3v) is 8.20. The van der Waals surface area contributed by atoms with Crippen molar-refractivity contribution in [2.45, 2.75) is 50.1 Å². The first kappa shape index (κ1) is 32.3. The van der Waals surface area contributed by atoms with Gasteiger partial charge in [0.15, 0.2) is 0 Å². The standard InChI is InChI=1S/C25H35N3O3S.C2HF3O2/c1-20(2)22-9-11-24(12-10-22)32(30,31)28(19-21(3)23-7-5-4-6-8-23)16-13-25(29)27-17-14-26-15-18-27;3-2(4,5)1(6)7/h4-12,20-21,26H,13-19H2,1-3H3;(H,6,7). The lowest BCUT2D eigenvalue weighted by atomic mass is 10.0. The van der Waals surface area contributed by atoms with Gasteiger partial charge in [0, 0.05) is 45.7 Å². The minimum atomic E-state index is -5.08. The molecule has 2 aromatic rings. The summed E-state index contributed by atoms with van der Waals surface area (Å²) in [6, 6.07) is 17.0. The van der Waals surface area contributed by atoms with Crippen LogP contribution in [-0.4, -0.2) is 80.1 Å². The van der Waals surface area contributed by atoms with Crippen LogP contribution in [0.25, 0.3) is 0 Å². The number of amides is 1. The highest BCUT2D eigenvalue weighted by Crippen LogP contribution is 2.24. The Labute approximate surface area is 227 Å². The van der Waals surface area contributed by atoms with Gasteiger partial charge in [0.05, 0.1) is 4.90 Å². The smallest absolute Gasteiger partial charge is 0.475 e. The molecule has 1 amide bonds. The molecule has 1 fully saturated rings. The van der Waals surface area contributed by atoms with E-state index in [4.69, 9.17) is 9.90 Å². The number of halogens is 3. The van der Waals surface area contributed by atoms with Crippen molar-refractivity contribution in [3.63, 3.8) is 0 Å². The third kappa shape index (κ3) is 9.94. The quantitative estimate of drug-likeness (QED) is 0.470. The van der Waals surface area contributed by atoms with Gasteiger partial charge < -0.3 is 15.3 Å². The van der Waals surface area contributed by atoms with E-state index in [-0.39, 0.29) is 29.7 Å². The second-order valence-electron chi connectivity index (χ2n) is 9.58. The lowest BCUT2D eigenvalue weighted by Crippen LogP contribution is -2.47. The van der Waals surface area contributed by atoms with Crippen LogP contribution in [0.3, 0.4) is 0 Å². The molecule has 0 saturated carbocycles. The molecule has 12 heteroatoms. The van der Waals surface area contributed by atoms with E-state index >= 15 is 0 Å². The summed E-state index contributed by atoms with van der Waals surface area (Å²) in [6.45, 7) is 9.59. The van der Waals surface area contributed by atoms with Crippen LogP contribution < -0.4 is 5.32 Å². The molecule has 8 nitrogen and oxygen atoms in total. The molecule has 0 aromatic heterocycles. The van der Waals surface area contributed by atoms with Gasteiger partial charge in [0.25, 0.3) is 0 Å². The molecule has 1 unspecified atom stereocenters. The van der Waals surface area contributed by atoms with Gasteiger partial charge in [0.2, 0.25) is 15.9 Å². The average Bonchev–Trinajstić information content (AvgIpc) is 2.91. The summed E-state index contributed by atoms with van der Waals surface area (Å²) in [6.07, 6.45) is -4.90. The maximum atomic E-state index is 13.6. The van der Waals surface area contributed by atoms with Gasteiger partial charge >= 0.3 is 12.1 Å². The number of nitrogens with zero attached hydrogens (tertiary/aromatic N) is 2. The lowest BCUT2D eigenvalue weighted by molar-refractivity contribution is -0.192. The van der Waals surface area contributed by atoms with Gasteiger partial charge in [-0.1, -0.05) is 63.2 Å². The molecule has 1 aliphatic heterocycles. The fourth-order valence-corrected chi connectivity index (χ4v) is 5.50. The van der Waals surface area contributed by atoms with Crippen LogP contribution in [0, 0.1) is 0 Å². The Morgan fingerprint density at radius 3 is 2.00 bits per heavy atom. The SMILES string of the molecule is CC(C)c1ccc(S(=O)(=O)N(CCC(=O)N2CCNCC2)CC(C)c2ccccc2)cc1.O=C(O)C(F)(F)F. The first-order valence-corrected chi connectivity index (χ1v) is 14.1. The largest absolute Gasteiger partial charge is 0.490 e. The van der Waals surface area contributed by atoms with Crippen molar-refractivity contribution in [3.05, 3.63) is 65.7 Å². The summed E-state index contributed by atoms with van der Waals surface area (Å²) in [7, 11) is -3.72. The van der Waals surface area contributed by atoms with Crippen molar-refractivity contribution < 1.29 is 36.3 Å². The van der Waals surface area contributed by atoms with Gasteiger partial charge in [-0.3, -0.25) is 4.79 Å². The summed E-state index contributed by atoms with van der Waals surface area (Å²) in [5.41, 5.74) is 2.18. The zero-order valence-corrected chi connectivity index (χ0v) is 23.1. The number of carboxylic acids is 1. The van der Waals surface area contributed by atoms with Gasteiger partial charge in [-0.2, -0.15) is 17.5 Å². The van der Waals surface area contributed by atoms with E-state index < -0.39 is 22.2 Å². The number of carboxylic acid groups (broad SMARTS) is 1. The second kappa shape index (κ2) is 14.4. The molecule has 1 heterocycles. The van der Waals surface area contributed by atoms with E-state index in [1.807, 2.05) is 54.3 Å². The zero-order valence-electron chi connectivity index (χ0n) is 22.3. The fraction of sp³-hybridized carbons (Fsp3) is 0.481. The van der Waals surface area contributed by atoms with Crippen LogP contribution in [-0.2, 0) is 19.6 Å². The molecule has 0 radical (unpaired) electrons. The van der Waals surface area contributed by atoms with Crippen LogP contribution in [0.4, 0.5) is 13.2 Å². The Hall–Kier alpha value is -2.96. The van der Waals surface area contributed by atoms with E-state index in [1.165, 1.54) is 4.31 Å². The normalized spacial score (nSPS) is 15.0. The number of carbonyl (C=O) groups is 2. The average molecular weight is 572 g/mol. The highest BCUT2D eigenvalue weighted by molar-refractivity contribution is 7.89. The van der Waals surface area contributed by atoms with Crippen LogP contribution in [0.1, 0.15) is 50.2 Å². The number of hydrogen-bond donors (Lipinski definition) is 2. The molecule has 2 aromatic carbocycles. The zero-order chi connectivity index (χ0) is 29.2. The maximum Gasteiger partial charge on any atom is 0.490 e. The van der Waals surface area contributed by atoms with Gasteiger partial charge in [-0.05, 0) is 35.1 Å². The van der Waals surface area contributed by atoms with Crippen molar-refractivity contribution in [1.29, 1.82) is 0 Å². The first-order valence-electron chi connectivity index (χ1n) is 12.7. The predicted molar refractivity (Wildman–Crippen MR) is 142 cm³/mol. The molecule has 2 N–H and O–H groups in total. The number of aliphatic carboxylic acids is 1. The summed E-state index contributed by atoms with van der Waals surface area (Å²) in [4.78, 5) is 23.7. The second-order valence-corrected chi connectivity index (χ2v) is 11.5. The van der Waals surface area contributed by atoms with Crippen LogP contribution >= 0.6 is 0 Å².